The van der Waals surface area contributed by atoms with Gasteiger partial charge in [0.05, 0.1) is 23.7 Å². The molecule has 1 aliphatic heterocycles. The van der Waals surface area contributed by atoms with Crippen molar-refractivity contribution < 1.29 is 9.53 Å². The number of ether oxygens (including phenoxy) is 1. The molecular weight excluding hydrogens is 456 g/mol. The summed E-state index contributed by atoms with van der Waals surface area (Å²) in [6, 6.07) is 17.2. The van der Waals surface area contributed by atoms with Gasteiger partial charge in [0.15, 0.2) is 11.5 Å². The maximum atomic E-state index is 12.7. The summed E-state index contributed by atoms with van der Waals surface area (Å²) in [5, 5.41) is 16.6. The molecule has 0 bridgehead atoms. The first-order valence-electron chi connectivity index (χ1n) is 11.4. The summed E-state index contributed by atoms with van der Waals surface area (Å²) in [6.45, 7) is 2.33. The van der Waals surface area contributed by atoms with Gasteiger partial charge < -0.3 is 15.0 Å². The van der Waals surface area contributed by atoms with Crippen molar-refractivity contribution in [2.45, 2.75) is 25.9 Å². The number of hydrogen-bond donors (Lipinski definition) is 2. The number of aromatic amines is 1. The average molecular weight is 477 g/mol. The van der Waals surface area contributed by atoms with Crippen LogP contribution in [0.3, 0.4) is 0 Å². The van der Waals surface area contributed by atoms with Crippen molar-refractivity contribution in [3.63, 3.8) is 0 Å². The second kappa shape index (κ2) is 8.63. The predicted octanol–water partition coefficient (Wildman–Crippen LogP) is 3.77. The summed E-state index contributed by atoms with van der Waals surface area (Å²) in [6.07, 6.45) is 3.30. The molecule has 10 heteroatoms. The summed E-state index contributed by atoms with van der Waals surface area (Å²) in [7, 11) is 0. The SMILES string of the molecule is Cc1nn(-c2ncnc3nc[nH]c23)c2c1[C@@H](c1ccc(OCc3ccc(C#N)cc3)cc1)CC(=O)N2. The number of aryl methyl sites for hydroxylation is 1. The zero-order chi connectivity index (χ0) is 24.6. The Morgan fingerprint density at radius 1 is 1.11 bits per heavy atom. The minimum absolute atomic E-state index is 0.0929. The molecule has 2 N–H and O–H groups in total. The van der Waals surface area contributed by atoms with E-state index >= 15 is 0 Å². The third-order valence-corrected chi connectivity index (χ3v) is 6.28. The lowest BCUT2D eigenvalue weighted by Gasteiger charge is -2.24. The van der Waals surface area contributed by atoms with E-state index < -0.39 is 0 Å². The fourth-order valence-electron chi connectivity index (χ4n) is 4.54. The van der Waals surface area contributed by atoms with Crippen LogP contribution >= 0.6 is 0 Å². The molecule has 4 heterocycles. The van der Waals surface area contributed by atoms with Crippen molar-refractivity contribution in [1.82, 2.24) is 29.7 Å². The molecule has 0 saturated heterocycles. The first-order chi connectivity index (χ1) is 17.6. The number of rotatable bonds is 5. The number of carbonyl (C=O) groups is 1. The first-order valence-corrected chi connectivity index (χ1v) is 11.4. The summed E-state index contributed by atoms with van der Waals surface area (Å²) in [5.41, 5.74) is 5.51. The number of nitrogens with zero attached hydrogens (tertiary/aromatic N) is 6. The van der Waals surface area contributed by atoms with Gasteiger partial charge in [0.2, 0.25) is 5.91 Å². The first kappa shape index (κ1) is 21.5. The largest absolute Gasteiger partial charge is 0.489 e. The Morgan fingerprint density at radius 3 is 2.69 bits per heavy atom. The van der Waals surface area contributed by atoms with E-state index in [9.17, 15) is 4.79 Å². The van der Waals surface area contributed by atoms with Crippen LogP contribution in [0.4, 0.5) is 5.82 Å². The maximum Gasteiger partial charge on any atom is 0.226 e. The summed E-state index contributed by atoms with van der Waals surface area (Å²) in [4.78, 5) is 28.5. The van der Waals surface area contributed by atoms with Crippen LogP contribution in [0.5, 0.6) is 5.75 Å². The van der Waals surface area contributed by atoms with Crippen LogP contribution in [0.25, 0.3) is 17.0 Å². The molecule has 2 aromatic carbocycles. The molecule has 0 radical (unpaired) electrons. The fourth-order valence-corrected chi connectivity index (χ4v) is 4.54. The molecule has 0 spiro atoms. The monoisotopic (exact) mass is 476 g/mol. The predicted molar refractivity (Wildman–Crippen MR) is 131 cm³/mol. The topological polar surface area (TPSA) is 134 Å². The highest BCUT2D eigenvalue weighted by Crippen LogP contribution is 2.40. The zero-order valence-corrected chi connectivity index (χ0v) is 19.3. The van der Waals surface area contributed by atoms with Gasteiger partial charge in [-0.1, -0.05) is 24.3 Å². The van der Waals surface area contributed by atoms with Gasteiger partial charge in [-0.05, 0) is 42.3 Å². The standard InChI is InChI=1S/C26H20N8O2/c1-15-22-20(18-6-8-19(9-7-18)36-12-17-4-2-16(11-27)3-5-17)10-21(35)32-25(22)34(33-15)26-23-24(29-13-28-23)30-14-31-26/h2-9,13-14,20H,10,12H2,1H3,(H,32,35)(H,28,29,30,31)/t20-/m1/s1. The van der Waals surface area contributed by atoms with Gasteiger partial charge in [0.1, 0.15) is 30.0 Å². The van der Waals surface area contributed by atoms with Crippen molar-refractivity contribution in [2.75, 3.05) is 5.32 Å². The van der Waals surface area contributed by atoms with Crippen molar-refractivity contribution in [3.8, 4) is 17.6 Å². The Kier molecular flexibility index (Phi) is 5.15. The number of aromatic nitrogens is 6. The van der Waals surface area contributed by atoms with Gasteiger partial charge in [0, 0.05) is 17.9 Å². The van der Waals surface area contributed by atoms with Crippen LogP contribution in [0.15, 0.2) is 61.2 Å². The van der Waals surface area contributed by atoms with E-state index in [2.05, 4.69) is 31.3 Å². The number of anilines is 1. The van der Waals surface area contributed by atoms with Crippen molar-refractivity contribution in [3.05, 3.63) is 89.1 Å². The van der Waals surface area contributed by atoms with Crippen LogP contribution in [0, 0.1) is 18.3 Å². The highest BCUT2D eigenvalue weighted by Gasteiger charge is 2.33. The van der Waals surface area contributed by atoms with Crippen LogP contribution in [-0.2, 0) is 11.4 Å². The van der Waals surface area contributed by atoms with E-state index in [0.717, 1.165) is 28.1 Å². The zero-order valence-electron chi connectivity index (χ0n) is 19.3. The second-order valence-corrected chi connectivity index (χ2v) is 8.53. The van der Waals surface area contributed by atoms with Crippen molar-refractivity contribution in [2.24, 2.45) is 0 Å². The van der Waals surface area contributed by atoms with E-state index in [1.165, 1.54) is 6.33 Å². The van der Waals surface area contributed by atoms with Gasteiger partial charge in [-0.2, -0.15) is 15.0 Å². The molecule has 3 aromatic heterocycles. The van der Waals surface area contributed by atoms with E-state index in [4.69, 9.17) is 15.1 Å². The summed E-state index contributed by atoms with van der Waals surface area (Å²) < 4.78 is 7.56. The number of hydrogen-bond acceptors (Lipinski definition) is 7. The number of carbonyl (C=O) groups excluding carboxylic acids is 1. The third-order valence-electron chi connectivity index (χ3n) is 6.28. The number of imidazole rings is 1. The molecule has 5 aromatic rings. The van der Waals surface area contributed by atoms with Crippen LogP contribution in [-0.4, -0.2) is 35.6 Å². The number of nitrogens with one attached hydrogen (secondary N) is 2. The van der Waals surface area contributed by atoms with E-state index in [1.54, 1.807) is 23.1 Å². The lowest BCUT2D eigenvalue weighted by Crippen LogP contribution is -2.25. The molecule has 1 amide bonds. The number of amides is 1. The molecular formula is C26H20N8O2. The van der Waals surface area contributed by atoms with E-state index in [1.807, 2.05) is 43.3 Å². The van der Waals surface area contributed by atoms with Crippen molar-refractivity contribution >= 4 is 22.9 Å². The van der Waals surface area contributed by atoms with Gasteiger partial charge in [0.25, 0.3) is 0 Å². The number of fused-ring (bicyclic) bond motifs is 2. The smallest absolute Gasteiger partial charge is 0.226 e. The van der Waals surface area contributed by atoms with Crippen LogP contribution in [0.2, 0.25) is 0 Å². The van der Waals surface area contributed by atoms with Crippen molar-refractivity contribution in [1.29, 1.82) is 5.26 Å². The average Bonchev–Trinajstić information content (AvgIpc) is 3.52. The number of nitriles is 1. The molecule has 0 saturated carbocycles. The quantitative estimate of drug-likeness (QED) is 0.394. The van der Waals surface area contributed by atoms with E-state index in [0.29, 0.717) is 41.4 Å². The molecule has 0 aliphatic carbocycles. The fraction of sp³-hybridized carbons (Fsp3) is 0.154. The lowest BCUT2D eigenvalue weighted by atomic mass is 9.86. The van der Waals surface area contributed by atoms with Gasteiger partial charge in [-0.3, -0.25) is 4.79 Å². The molecule has 1 aliphatic rings. The van der Waals surface area contributed by atoms with Gasteiger partial charge >= 0.3 is 0 Å². The minimum Gasteiger partial charge on any atom is -0.489 e. The minimum atomic E-state index is -0.158. The normalized spacial score (nSPS) is 14.8. The maximum absolute atomic E-state index is 12.7. The van der Waals surface area contributed by atoms with Crippen LogP contribution in [0.1, 0.15) is 40.3 Å². The van der Waals surface area contributed by atoms with E-state index in [-0.39, 0.29) is 11.8 Å². The molecule has 176 valence electrons. The Balaban J connectivity index is 1.29. The lowest BCUT2D eigenvalue weighted by molar-refractivity contribution is -0.116. The Labute approximate surface area is 205 Å². The summed E-state index contributed by atoms with van der Waals surface area (Å²) >= 11 is 0. The van der Waals surface area contributed by atoms with Gasteiger partial charge in [-0.25, -0.2) is 15.0 Å². The third kappa shape index (κ3) is 3.73. The highest BCUT2D eigenvalue weighted by atomic mass is 16.5. The molecule has 0 fully saturated rings. The van der Waals surface area contributed by atoms with Crippen LogP contribution < -0.4 is 10.1 Å². The molecule has 6 rings (SSSR count). The Morgan fingerprint density at radius 2 is 1.92 bits per heavy atom. The van der Waals surface area contributed by atoms with Gasteiger partial charge in [-0.15, -0.1) is 0 Å². The second-order valence-electron chi connectivity index (χ2n) is 8.53. The number of H-pyrrole nitrogens is 1. The molecule has 36 heavy (non-hydrogen) atoms. The molecule has 0 unspecified atom stereocenters. The Hall–Kier alpha value is -5.04. The molecule has 10 nitrogen and oxygen atoms in total. The highest BCUT2D eigenvalue weighted by molar-refractivity contribution is 5.95. The molecule has 1 atom stereocenters. The number of benzene rings is 2. The summed E-state index contributed by atoms with van der Waals surface area (Å²) in [5.74, 6) is 1.59. The Bertz CT molecular complexity index is 1630.